The molecule has 1 N–H and O–H groups in total. The number of nitrogens with one attached hydrogen (secondary N) is 1. The van der Waals surface area contributed by atoms with E-state index in [0.29, 0.717) is 27.6 Å². The molecule has 23 heavy (non-hydrogen) atoms. The number of ether oxygens (including phenoxy) is 1. The van der Waals surface area contributed by atoms with Crippen molar-refractivity contribution in [3.63, 3.8) is 0 Å². The Balaban J connectivity index is 1.80. The van der Waals surface area contributed by atoms with Crippen LogP contribution in [0.15, 0.2) is 66.0 Å². The second kappa shape index (κ2) is 6.77. The Hall–Kier alpha value is -3.10. The summed E-state index contributed by atoms with van der Waals surface area (Å²) >= 11 is 1.38. The molecule has 0 fully saturated rings. The number of hydrogen-bond acceptors (Lipinski definition) is 4. The van der Waals surface area contributed by atoms with E-state index in [1.165, 1.54) is 11.3 Å². The van der Waals surface area contributed by atoms with Gasteiger partial charge in [0.25, 0.3) is 5.91 Å². The second-order valence-electron chi connectivity index (χ2n) is 4.67. The van der Waals surface area contributed by atoms with E-state index in [0.717, 1.165) is 0 Å². The summed E-state index contributed by atoms with van der Waals surface area (Å²) in [6, 6.07) is 19.7. The largest absolute Gasteiger partial charge is 0.455 e. The molecule has 112 valence electrons. The molecule has 0 aliphatic rings. The third-order valence-corrected chi connectivity index (χ3v) is 3.96. The zero-order valence-corrected chi connectivity index (χ0v) is 12.8. The van der Waals surface area contributed by atoms with Crippen LogP contribution in [0.3, 0.4) is 0 Å². The molecule has 3 aromatic rings. The summed E-state index contributed by atoms with van der Waals surface area (Å²) in [5.41, 5.74) is 1.16. The van der Waals surface area contributed by atoms with E-state index >= 15 is 0 Å². The molecule has 1 heterocycles. The summed E-state index contributed by atoms with van der Waals surface area (Å²) in [6.07, 6.45) is 0. The fraction of sp³-hybridized carbons (Fsp3) is 0. The number of nitrogens with zero attached hydrogens (tertiary/aromatic N) is 1. The standard InChI is InChI=1S/C18H12N2O2S/c19-12-13-7-9-14(10-8-13)22-16-5-2-1-4-15(16)20-18(21)17-6-3-11-23-17/h1-11H,(H,20,21). The molecule has 0 unspecified atom stereocenters. The van der Waals surface area contributed by atoms with Crippen LogP contribution in [0.4, 0.5) is 5.69 Å². The minimum absolute atomic E-state index is 0.170. The third-order valence-electron chi connectivity index (χ3n) is 3.09. The number of carbonyl (C=O) groups is 1. The fourth-order valence-corrected chi connectivity index (χ4v) is 2.59. The first-order chi connectivity index (χ1) is 11.3. The van der Waals surface area contributed by atoms with E-state index in [9.17, 15) is 4.79 Å². The zero-order valence-electron chi connectivity index (χ0n) is 12.0. The molecule has 0 saturated heterocycles. The van der Waals surface area contributed by atoms with E-state index in [-0.39, 0.29) is 5.91 Å². The summed E-state index contributed by atoms with van der Waals surface area (Å²) in [4.78, 5) is 12.8. The molecule has 1 aromatic heterocycles. The van der Waals surface area contributed by atoms with E-state index in [1.807, 2.05) is 23.6 Å². The van der Waals surface area contributed by atoms with Crippen molar-refractivity contribution in [1.82, 2.24) is 0 Å². The van der Waals surface area contributed by atoms with Gasteiger partial charge in [0.05, 0.1) is 22.2 Å². The molecule has 0 aliphatic carbocycles. The first-order valence-electron chi connectivity index (χ1n) is 6.88. The van der Waals surface area contributed by atoms with Gasteiger partial charge in [-0.2, -0.15) is 5.26 Å². The molecule has 0 spiro atoms. The lowest BCUT2D eigenvalue weighted by Gasteiger charge is -2.11. The number of hydrogen-bond donors (Lipinski definition) is 1. The lowest BCUT2D eigenvalue weighted by Crippen LogP contribution is -2.10. The molecule has 3 rings (SSSR count). The number of rotatable bonds is 4. The number of nitriles is 1. The average Bonchev–Trinajstić information content (AvgIpc) is 3.12. The van der Waals surface area contributed by atoms with Crippen LogP contribution in [0.25, 0.3) is 0 Å². The lowest BCUT2D eigenvalue weighted by atomic mass is 10.2. The summed E-state index contributed by atoms with van der Waals surface area (Å²) in [7, 11) is 0. The van der Waals surface area contributed by atoms with Gasteiger partial charge in [0.1, 0.15) is 5.75 Å². The van der Waals surface area contributed by atoms with E-state index in [4.69, 9.17) is 10.00 Å². The minimum Gasteiger partial charge on any atom is -0.455 e. The van der Waals surface area contributed by atoms with Gasteiger partial charge in [-0.05, 0) is 47.8 Å². The van der Waals surface area contributed by atoms with Crippen LogP contribution in [0.5, 0.6) is 11.5 Å². The van der Waals surface area contributed by atoms with Gasteiger partial charge < -0.3 is 10.1 Å². The van der Waals surface area contributed by atoms with Crippen molar-refractivity contribution in [3.8, 4) is 17.6 Å². The molecule has 0 atom stereocenters. The second-order valence-corrected chi connectivity index (χ2v) is 5.61. The van der Waals surface area contributed by atoms with Crippen LogP contribution in [0.2, 0.25) is 0 Å². The van der Waals surface area contributed by atoms with Crippen LogP contribution in [0.1, 0.15) is 15.2 Å². The van der Waals surface area contributed by atoms with Gasteiger partial charge in [-0.25, -0.2) is 0 Å². The summed E-state index contributed by atoms with van der Waals surface area (Å²) in [5, 5.41) is 13.5. The average molecular weight is 320 g/mol. The van der Waals surface area contributed by atoms with Crippen molar-refractivity contribution < 1.29 is 9.53 Å². The number of thiophene rings is 1. The first-order valence-corrected chi connectivity index (χ1v) is 7.76. The third kappa shape index (κ3) is 3.57. The van der Waals surface area contributed by atoms with Crippen molar-refractivity contribution in [3.05, 3.63) is 76.5 Å². The molecule has 4 nitrogen and oxygen atoms in total. The maximum Gasteiger partial charge on any atom is 0.265 e. The number of anilines is 1. The fourth-order valence-electron chi connectivity index (χ4n) is 1.98. The van der Waals surface area contributed by atoms with Gasteiger partial charge in [0, 0.05) is 0 Å². The Labute approximate surface area is 137 Å². The quantitative estimate of drug-likeness (QED) is 0.760. The van der Waals surface area contributed by atoms with Crippen LogP contribution in [-0.2, 0) is 0 Å². The van der Waals surface area contributed by atoms with Gasteiger partial charge in [-0.15, -0.1) is 11.3 Å². The molecule has 5 heteroatoms. The smallest absolute Gasteiger partial charge is 0.265 e. The van der Waals surface area contributed by atoms with Gasteiger partial charge >= 0.3 is 0 Å². The molecule has 0 bridgehead atoms. The molecular formula is C18H12N2O2S. The van der Waals surface area contributed by atoms with Crippen molar-refractivity contribution in [1.29, 1.82) is 5.26 Å². The van der Waals surface area contributed by atoms with Gasteiger partial charge in [0.15, 0.2) is 5.75 Å². The SMILES string of the molecule is N#Cc1ccc(Oc2ccccc2NC(=O)c2cccs2)cc1. The maximum atomic E-state index is 12.2. The molecule has 2 aromatic carbocycles. The topological polar surface area (TPSA) is 62.1 Å². The Morgan fingerprint density at radius 3 is 2.52 bits per heavy atom. The number of amides is 1. The highest BCUT2D eigenvalue weighted by molar-refractivity contribution is 7.12. The van der Waals surface area contributed by atoms with Crippen LogP contribution in [-0.4, -0.2) is 5.91 Å². The van der Waals surface area contributed by atoms with Crippen molar-refractivity contribution in [2.24, 2.45) is 0 Å². The van der Waals surface area contributed by atoms with Crippen LogP contribution in [0, 0.1) is 11.3 Å². The van der Waals surface area contributed by atoms with Crippen molar-refractivity contribution >= 4 is 22.9 Å². The zero-order chi connectivity index (χ0) is 16.1. The van der Waals surface area contributed by atoms with Crippen LogP contribution >= 0.6 is 11.3 Å². The first kappa shape index (κ1) is 14.8. The summed E-state index contributed by atoms with van der Waals surface area (Å²) in [6.45, 7) is 0. The Morgan fingerprint density at radius 1 is 1.04 bits per heavy atom. The predicted molar refractivity (Wildman–Crippen MR) is 89.9 cm³/mol. The van der Waals surface area contributed by atoms with Gasteiger partial charge in [-0.3, -0.25) is 4.79 Å². The summed E-state index contributed by atoms with van der Waals surface area (Å²) in [5.74, 6) is 0.972. The van der Waals surface area contributed by atoms with E-state index < -0.39 is 0 Å². The Bertz CT molecular complexity index is 849. The highest BCUT2D eigenvalue weighted by Gasteiger charge is 2.11. The van der Waals surface area contributed by atoms with Crippen molar-refractivity contribution in [2.45, 2.75) is 0 Å². The predicted octanol–water partition coefficient (Wildman–Crippen LogP) is 4.66. The van der Waals surface area contributed by atoms with Crippen molar-refractivity contribution in [2.75, 3.05) is 5.32 Å². The highest BCUT2D eigenvalue weighted by Crippen LogP contribution is 2.30. The molecule has 0 radical (unpaired) electrons. The molecule has 0 saturated carbocycles. The molecule has 1 amide bonds. The number of para-hydroxylation sites is 2. The van der Waals surface area contributed by atoms with E-state index in [1.54, 1.807) is 42.5 Å². The number of carbonyl (C=O) groups excluding carboxylic acids is 1. The summed E-state index contributed by atoms with van der Waals surface area (Å²) < 4.78 is 5.81. The van der Waals surface area contributed by atoms with Gasteiger partial charge in [0.2, 0.25) is 0 Å². The normalized spacial score (nSPS) is 9.87. The van der Waals surface area contributed by atoms with E-state index in [2.05, 4.69) is 11.4 Å². The lowest BCUT2D eigenvalue weighted by molar-refractivity contribution is 0.103. The Morgan fingerprint density at radius 2 is 1.83 bits per heavy atom. The minimum atomic E-state index is -0.170. The highest BCUT2D eigenvalue weighted by atomic mass is 32.1. The Kier molecular flexibility index (Phi) is 4.37. The molecule has 0 aliphatic heterocycles. The maximum absolute atomic E-state index is 12.2. The van der Waals surface area contributed by atoms with Gasteiger partial charge in [-0.1, -0.05) is 18.2 Å². The molecular weight excluding hydrogens is 308 g/mol. The van der Waals surface area contributed by atoms with Crippen LogP contribution < -0.4 is 10.1 Å². The number of benzene rings is 2. The monoisotopic (exact) mass is 320 g/mol.